The molecule has 0 rings (SSSR count). The number of halogens is 1. The van der Waals surface area contributed by atoms with E-state index in [0.29, 0.717) is 0 Å². The van der Waals surface area contributed by atoms with Gasteiger partial charge in [0.25, 0.3) is 0 Å². The van der Waals surface area contributed by atoms with Crippen LogP contribution < -0.4 is 24.0 Å². The molecular formula is C58H120IN. The van der Waals surface area contributed by atoms with Gasteiger partial charge in [-0.1, -0.05) is 304 Å². The third kappa shape index (κ3) is 49.7. The second-order valence-electron chi connectivity index (χ2n) is 20.5. The first-order valence-corrected chi connectivity index (χ1v) is 29.1. The molecule has 1 nitrogen and oxygen atoms in total. The summed E-state index contributed by atoms with van der Waals surface area (Å²) >= 11 is 0. The second-order valence-corrected chi connectivity index (χ2v) is 20.5. The number of rotatable bonds is 54. The van der Waals surface area contributed by atoms with Gasteiger partial charge in [-0.2, -0.15) is 0 Å². The lowest BCUT2D eigenvalue weighted by molar-refractivity contribution is -0.929. The monoisotopic (exact) mass is 958 g/mol. The summed E-state index contributed by atoms with van der Waals surface area (Å²) in [5.74, 6) is 0. The maximum Gasteiger partial charge on any atom is 0.0786 e. The minimum absolute atomic E-state index is 0. The van der Waals surface area contributed by atoms with E-state index in [0.717, 1.165) is 0 Å². The van der Waals surface area contributed by atoms with Gasteiger partial charge in [-0.05, 0) is 44.9 Å². The van der Waals surface area contributed by atoms with Crippen molar-refractivity contribution < 1.29 is 28.5 Å². The minimum atomic E-state index is 0. The number of hydrogen-bond acceptors (Lipinski definition) is 0. The normalized spacial score (nSPS) is 11.8. The molecule has 0 aliphatic heterocycles. The molecule has 364 valence electrons. The summed E-state index contributed by atoms with van der Waals surface area (Å²) in [5, 5.41) is 0. The van der Waals surface area contributed by atoms with Crippen LogP contribution in [0.1, 0.15) is 349 Å². The molecule has 0 saturated carbocycles. The van der Waals surface area contributed by atoms with E-state index in [4.69, 9.17) is 0 Å². The summed E-state index contributed by atoms with van der Waals surface area (Å²) in [6, 6.07) is 0. The van der Waals surface area contributed by atoms with Crippen molar-refractivity contribution in [2.24, 2.45) is 0 Å². The number of hydrogen-bond donors (Lipinski definition) is 0. The highest BCUT2D eigenvalue weighted by Gasteiger charge is 2.25. The predicted molar refractivity (Wildman–Crippen MR) is 273 cm³/mol. The number of unbranched alkanes of at least 4 members (excludes halogenated alkanes) is 46. The van der Waals surface area contributed by atoms with Gasteiger partial charge in [0.05, 0.1) is 26.2 Å². The van der Waals surface area contributed by atoms with Crippen LogP contribution in [0.25, 0.3) is 0 Å². The Hall–Kier alpha value is 0.690. The topological polar surface area (TPSA) is 0 Å². The lowest BCUT2D eigenvalue weighted by Crippen LogP contribution is -3.00. The Morgan fingerprint density at radius 2 is 0.267 bits per heavy atom. The van der Waals surface area contributed by atoms with Gasteiger partial charge in [-0.25, -0.2) is 0 Å². The Morgan fingerprint density at radius 1 is 0.150 bits per heavy atom. The SMILES string of the molecule is CCCCCCCCCCCCCCCCCC[N+](CCCC)(CCCCCCCCCCCCCCCCCC)CCCCCCCCCCCCCCCCCC.[I-]. The Balaban J connectivity index is 0. The van der Waals surface area contributed by atoms with E-state index < -0.39 is 0 Å². The first kappa shape index (κ1) is 62.8. The van der Waals surface area contributed by atoms with Crippen molar-refractivity contribution in [2.45, 2.75) is 349 Å². The van der Waals surface area contributed by atoms with Crippen molar-refractivity contribution in [3.8, 4) is 0 Å². The maximum atomic E-state index is 2.44. The smallest absolute Gasteiger partial charge is 0.0786 e. The van der Waals surface area contributed by atoms with Crippen LogP contribution in [0.2, 0.25) is 0 Å². The molecule has 0 N–H and O–H groups in total. The molecule has 0 spiro atoms. The summed E-state index contributed by atoms with van der Waals surface area (Å²) in [5.41, 5.74) is 0. The Morgan fingerprint density at radius 3 is 0.417 bits per heavy atom. The Labute approximate surface area is 401 Å². The molecule has 0 aliphatic rings. The zero-order chi connectivity index (χ0) is 42.7. The fourth-order valence-electron chi connectivity index (χ4n) is 10.2. The van der Waals surface area contributed by atoms with E-state index in [-0.39, 0.29) is 24.0 Å². The quantitative estimate of drug-likeness (QED) is 0.0324. The zero-order valence-corrected chi connectivity index (χ0v) is 45.2. The third-order valence-electron chi connectivity index (χ3n) is 14.4. The van der Waals surface area contributed by atoms with Crippen molar-refractivity contribution in [1.29, 1.82) is 0 Å². The van der Waals surface area contributed by atoms with Crippen LogP contribution in [-0.2, 0) is 0 Å². The van der Waals surface area contributed by atoms with Crippen molar-refractivity contribution in [1.82, 2.24) is 0 Å². The van der Waals surface area contributed by atoms with Gasteiger partial charge in [-0.3, -0.25) is 0 Å². The molecule has 0 saturated heterocycles. The molecule has 0 aromatic heterocycles. The largest absolute Gasteiger partial charge is 1.00 e. The Kier molecular flexibility index (Phi) is 58.4. The molecule has 0 unspecified atom stereocenters. The summed E-state index contributed by atoms with van der Waals surface area (Å²) in [4.78, 5) is 0. The first-order valence-electron chi connectivity index (χ1n) is 29.1. The van der Waals surface area contributed by atoms with Crippen molar-refractivity contribution >= 4 is 0 Å². The van der Waals surface area contributed by atoms with E-state index in [1.54, 1.807) is 0 Å². The molecule has 0 bridgehead atoms. The van der Waals surface area contributed by atoms with E-state index in [2.05, 4.69) is 27.7 Å². The fraction of sp³-hybridized carbons (Fsp3) is 1.00. The summed E-state index contributed by atoms with van der Waals surface area (Å²) < 4.78 is 1.48. The molecule has 0 atom stereocenters. The highest BCUT2D eigenvalue weighted by molar-refractivity contribution is 4.57. The van der Waals surface area contributed by atoms with Crippen LogP contribution in [0.15, 0.2) is 0 Å². The average molecular weight is 959 g/mol. The first-order chi connectivity index (χ1) is 29.2. The van der Waals surface area contributed by atoms with E-state index >= 15 is 0 Å². The van der Waals surface area contributed by atoms with Crippen molar-refractivity contribution in [3.63, 3.8) is 0 Å². The highest BCUT2D eigenvalue weighted by Crippen LogP contribution is 2.22. The third-order valence-corrected chi connectivity index (χ3v) is 14.4. The zero-order valence-electron chi connectivity index (χ0n) is 43.0. The van der Waals surface area contributed by atoms with Crippen molar-refractivity contribution in [2.75, 3.05) is 26.2 Å². The van der Waals surface area contributed by atoms with Crippen LogP contribution in [0.3, 0.4) is 0 Å². The van der Waals surface area contributed by atoms with Gasteiger partial charge in [0.1, 0.15) is 0 Å². The average Bonchev–Trinajstić information content (AvgIpc) is 3.25. The highest BCUT2D eigenvalue weighted by atomic mass is 127. The van der Waals surface area contributed by atoms with Crippen LogP contribution in [-0.4, -0.2) is 30.7 Å². The van der Waals surface area contributed by atoms with Crippen LogP contribution in [0.5, 0.6) is 0 Å². The standard InChI is InChI=1S/C58H120N.HI/c1-5-9-13-16-19-22-25-28-31-34-37-40-43-46-49-52-56-59(55-12-8-4,57-53-50-47-44-41-38-35-32-29-26-23-20-17-14-10-6-2)58-54-51-48-45-42-39-36-33-30-27-24-21-18-15-11-7-3;/h5-58H2,1-4H3;1H/q+1;/p-1. The lowest BCUT2D eigenvalue weighted by Gasteiger charge is -2.39. The number of nitrogens with zero attached hydrogens (tertiary/aromatic N) is 1. The van der Waals surface area contributed by atoms with Crippen LogP contribution >= 0.6 is 0 Å². The predicted octanol–water partition coefficient (Wildman–Crippen LogP) is 18.4. The molecule has 0 aromatic rings. The van der Waals surface area contributed by atoms with Crippen LogP contribution in [0, 0.1) is 0 Å². The minimum Gasteiger partial charge on any atom is -1.00 e. The Bertz CT molecular complexity index is 633. The van der Waals surface area contributed by atoms with Gasteiger partial charge in [0.15, 0.2) is 0 Å². The van der Waals surface area contributed by atoms with Gasteiger partial charge in [0, 0.05) is 0 Å². The summed E-state index contributed by atoms with van der Waals surface area (Å²) in [7, 11) is 0. The molecule has 0 radical (unpaired) electrons. The van der Waals surface area contributed by atoms with E-state index in [1.807, 2.05) is 0 Å². The fourth-order valence-corrected chi connectivity index (χ4v) is 10.2. The molecule has 0 amide bonds. The van der Waals surface area contributed by atoms with Gasteiger partial charge in [0.2, 0.25) is 0 Å². The summed E-state index contributed by atoms with van der Waals surface area (Å²) in [6.45, 7) is 15.3. The number of quaternary nitrogens is 1. The second kappa shape index (κ2) is 55.8. The molecule has 0 aliphatic carbocycles. The maximum absolute atomic E-state index is 2.44. The van der Waals surface area contributed by atoms with Gasteiger partial charge in [-0.15, -0.1) is 0 Å². The molecule has 60 heavy (non-hydrogen) atoms. The van der Waals surface area contributed by atoms with Crippen molar-refractivity contribution in [3.05, 3.63) is 0 Å². The molecule has 0 heterocycles. The molecular weight excluding hydrogens is 838 g/mol. The summed E-state index contributed by atoms with van der Waals surface area (Å²) in [6.07, 6.45) is 73.7. The van der Waals surface area contributed by atoms with Crippen LogP contribution in [0.4, 0.5) is 0 Å². The van der Waals surface area contributed by atoms with E-state index in [9.17, 15) is 0 Å². The van der Waals surface area contributed by atoms with Gasteiger partial charge < -0.3 is 28.5 Å². The lowest BCUT2D eigenvalue weighted by atomic mass is 10.0. The molecule has 2 heteroatoms. The van der Waals surface area contributed by atoms with Gasteiger partial charge >= 0.3 is 0 Å². The molecule has 0 aromatic carbocycles. The molecule has 0 fully saturated rings. The van der Waals surface area contributed by atoms with E-state index in [1.165, 1.54) is 352 Å².